The van der Waals surface area contributed by atoms with Crippen LogP contribution in [0.4, 0.5) is 15.0 Å². The van der Waals surface area contributed by atoms with Crippen molar-refractivity contribution in [3.05, 3.63) is 29.7 Å². The number of ether oxygens (including phenoxy) is 1. The summed E-state index contributed by atoms with van der Waals surface area (Å²) in [5.74, 6) is -1.42. The molecule has 23 heavy (non-hydrogen) atoms. The van der Waals surface area contributed by atoms with E-state index < -0.39 is 17.9 Å². The van der Waals surface area contributed by atoms with Gasteiger partial charge in [0.1, 0.15) is 5.82 Å². The van der Waals surface area contributed by atoms with Gasteiger partial charge in [-0.15, -0.1) is 0 Å². The molecular formula is C15H18FN3O4. The summed E-state index contributed by atoms with van der Waals surface area (Å²) in [5.41, 5.74) is 0.430. The first-order chi connectivity index (χ1) is 11.0. The molecule has 0 bridgehead atoms. The largest absolute Gasteiger partial charge is 0.465 e. The van der Waals surface area contributed by atoms with E-state index in [0.29, 0.717) is 30.9 Å². The van der Waals surface area contributed by atoms with Crippen molar-refractivity contribution in [2.75, 3.05) is 25.0 Å². The van der Waals surface area contributed by atoms with Gasteiger partial charge in [-0.25, -0.2) is 14.6 Å². The number of aromatic nitrogens is 1. The van der Waals surface area contributed by atoms with Gasteiger partial charge in [-0.1, -0.05) is 0 Å². The van der Waals surface area contributed by atoms with E-state index in [1.165, 1.54) is 11.1 Å². The fourth-order valence-corrected chi connectivity index (χ4v) is 2.24. The zero-order valence-corrected chi connectivity index (χ0v) is 12.7. The SMILES string of the molecule is CCOC(=O)/C(F)=C\c1ccc(N[C@@H]2CCN(C(=O)O)C2)nc1. The first-order valence-corrected chi connectivity index (χ1v) is 7.24. The Morgan fingerprint density at radius 3 is 2.91 bits per heavy atom. The zero-order chi connectivity index (χ0) is 16.8. The molecule has 1 aromatic heterocycles. The number of carbonyl (C=O) groups excluding carboxylic acids is 1. The highest BCUT2D eigenvalue weighted by molar-refractivity contribution is 5.91. The lowest BCUT2D eigenvalue weighted by Gasteiger charge is -2.14. The number of likely N-dealkylation sites (tertiary alicyclic amines) is 1. The second-order valence-electron chi connectivity index (χ2n) is 5.05. The van der Waals surface area contributed by atoms with Gasteiger partial charge in [0.2, 0.25) is 5.83 Å². The predicted octanol–water partition coefficient (Wildman–Crippen LogP) is 2.12. The maximum absolute atomic E-state index is 13.5. The van der Waals surface area contributed by atoms with Gasteiger partial charge in [-0.05, 0) is 37.1 Å². The lowest BCUT2D eigenvalue weighted by molar-refractivity contribution is -0.140. The summed E-state index contributed by atoms with van der Waals surface area (Å²) in [6.45, 7) is 2.59. The second-order valence-corrected chi connectivity index (χ2v) is 5.05. The van der Waals surface area contributed by atoms with Crippen LogP contribution >= 0.6 is 0 Å². The maximum atomic E-state index is 13.5. The van der Waals surface area contributed by atoms with Crippen molar-refractivity contribution in [2.45, 2.75) is 19.4 Å². The van der Waals surface area contributed by atoms with E-state index in [2.05, 4.69) is 15.0 Å². The van der Waals surface area contributed by atoms with Crippen LogP contribution in [-0.4, -0.2) is 52.8 Å². The number of hydrogen-bond donors (Lipinski definition) is 2. The molecule has 0 spiro atoms. The van der Waals surface area contributed by atoms with E-state index in [-0.39, 0.29) is 12.6 Å². The fraction of sp³-hybridized carbons (Fsp3) is 0.400. The molecule has 2 N–H and O–H groups in total. The fourth-order valence-electron chi connectivity index (χ4n) is 2.24. The number of amides is 1. The van der Waals surface area contributed by atoms with Gasteiger partial charge in [-0.2, -0.15) is 4.39 Å². The van der Waals surface area contributed by atoms with Crippen LogP contribution in [0, 0.1) is 0 Å². The lowest BCUT2D eigenvalue weighted by Crippen LogP contribution is -2.30. The Bertz CT molecular complexity index is 603. The zero-order valence-electron chi connectivity index (χ0n) is 12.7. The summed E-state index contributed by atoms with van der Waals surface area (Å²) < 4.78 is 18.0. The normalized spacial score (nSPS) is 17.9. The highest BCUT2D eigenvalue weighted by Crippen LogP contribution is 2.16. The number of halogens is 1. The summed E-state index contributed by atoms with van der Waals surface area (Å²) in [7, 11) is 0. The minimum absolute atomic E-state index is 0.00346. The molecule has 0 radical (unpaired) electrons. The molecule has 0 saturated carbocycles. The molecule has 0 aromatic carbocycles. The number of hydrogen-bond acceptors (Lipinski definition) is 5. The van der Waals surface area contributed by atoms with Crippen LogP contribution in [0.5, 0.6) is 0 Å². The van der Waals surface area contributed by atoms with Gasteiger partial charge >= 0.3 is 12.1 Å². The summed E-state index contributed by atoms with van der Waals surface area (Å²) in [5, 5.41) is 12.0. The molecule has 1 amide bonds. The Labute approximate surface area is 132 Å². The molecule has 1 atom stereocenters. The molecule has 1 aliphatic rings. The van der Waals surface area contributed by atoms with Crippen molar-refractivity contribution in [1.82, 2.24) is 9.88 Å². The van der Waals surface area contributed by atoms with Gasteiger partial charge in [-0.3, -0.25) is 0 Å². The Kier molecular flexibility index (Phi) is 5.51. The number of carbonyl (C=O) groups is 2. The van der Waals surface area contributed by atoms with Gasteiger partial charge in [0.05, 0.1) is 6.61 Å². The van der Waals surface area contributed by atoms with Crippen molar-refractivity contribution < 1.29 is 23.8 Å². The summed E-state index contributed by atoms with van der Waals surface area (Å²) in [6, 6.07) is 3.25. The molecule has 124 valence electrons. The van der Waals surface area contributed by atoms with Crippen LogP contribution in [0.1, 0.15) is 18.9 Å². The number of nitrogens with one attached hydrogen (secondary N) is 1. The van der Waals surface area contributed by atoms with Crippen molar-refractivity contribution in [2.24, 2.45) is 0 Å². The van der Waals surface area contributed by atoms with E-state index in [9.17, 15) is 14.0 Å². The molecule has 2 heterocycles. The molecule has 1 saturated heterocycles. The Morgan fingerprint density at radius 1 is 1.57 bits per heavy atom. The van der Waals surface area contributed by atoms with E-state index in [1.807, 2.05) is 0 Å². The number of rotatable bonds is 5. The maximum Gasteiger partial charge on any atom is 0.407 e. The van der Waals surface area contributed by atoms with Gasteiger partial charge < -0.3 is 20.1 Å². The summed E-state index contributed by atoms with van der Waals surface area (Å²) in [6.07, 6.45) is 2.24. The molecule has 1 aliphatic heterocycles. The third-order valence-electron chi connectivity index (χ3n) is 3.36. The summed E-state index contributed by atoms with van der Waals surface area (Å²) in [4.78, 5) is 27.5. The van der Waals surface area contributed by atoms with E-state index in [4.69, 9.17) is 5.11 Å². The van der Waals surface area contributed by atoms with Crippen LogP contribution in [0.25, 0.3) is 6.08 Å². The van der Waals surface area contributed by atoms with Crippen LogP contribution < -0.4 is 5.32 Å². The van der Waals surface area contributed by atoms with E-state index >= 15 is 0 Å². The monoisotopic (exact) mass is 323 g/mol. The number of anilines is 1. The van der Waals surface area contributed by atoms with Crippen LogP contribution in [-0.2, 0) is 9.53 Å². The smallest absolute Gasteiger partial charge is 0.407 e. The standard InChI is InChI=1S/C15H18FN3O4/c1-2-23-14(20)12(16)7-10-3-4-13(17-8-10)18-11-5-6-19(9-11)15(21)22/h3-4,7-8,11H,2,5-6,9H2,1H3,(H,17,18)(H,21,22)/b12-7+/t11-/m1/s1. The quantitative estimate of drug-likeness (QED) is 0.637. The molecule has 0 aliphatic carbocycles. The first-order valence-electron chi connectivity index (χ1n) is 7.24. The van der Waals surface area contributed by atoms with Crippen molar-refractivity contribution in [1.29, 1.82) is 0 Å². The average Bonchev–Trinajstić information content (AvgIpc) is 2.98. The van der Waals surface area contributed by atoms with Crippen LogP contribution in [0.2, 0.25) is 0 Å². The molecule has 0 unspecified atom stereocenters. The summed E-state index contributed by atoms with van der Waals surface area (Å²) >= 11 is 0. The second kappa shape index (κ2) is 7.57. The molecule has 7 nitrogen and oxygen atoms in total. The van der Waals surface area contributed by atoms with Gasteiger partial charge in [0, 0.05) is 25.3 Å². The lowest BCUT2D eigenvalue weighted by atomic mass is 10.2. The molecule has 1 aromatic rings. The molecule has 8 heteroatoms. The highest BCUT2D eigenvalue weighted by Gasteiger charge is 2.25. The van der Waals surface area contributed by atoms with Gasteiger partial charge in [0.25, 0.3) is 0 Å². The minimum Gasteiger partial charge on any atom is -0.465 e. The van der Waals surface area contributed by atoms with E-state index in [0.717, 1.165) is 6.08 Å². The van der Waals surface area contributed by atoms with Crippen molar-refractivity contribution in [3.63, 3.8) is 0 Å². The van der Waals surface area contributed by atoms with Crippen molar-refractivity contribution in [3.8, 4) is 0 Å². The molecule has 2 rings (SSSR count). The third-order valence-corrected chi connectivity index (χ3v) is 3.36. The minimum atomic E-state index is -1.01. The van der Waals surface area contributed by atoms with E-state index in [1.54, 1.807) is 19.1 Å². The van der Waals surface area contributed by atoms with Crippen molar-refractivity contribution >= 4 is 24.0 Å². The number of carboxylic acid groups (broad SMARTS) is 1. The number of esters is 1. The number of nitrogens with zero attached hydrogens (tertiary/aromatic N) is 2. The number of pyridine rings is 1. The van der Waals surface area contributed by atoms with Crippen LogP contribution in [0.3, 0.4) is 0 Å². The topological polar surface area (TPSA) is 91.8 Å². The molecule has 1 fully saturated rings. The van der Waals surface area contributed by atoms with Gasteiger partial charge in [0.15, 0.2) is 0 Å². The third kappa shape index (κ3) is 4.67. The average molecular weight is 323 g/mol. The Hall–Kier alpha value is -2.64. The molecular weight excluding hydrogens is 305 g/mol. The van der Waals surface area contributed by atoms with Crippen LogP contribution in [0.15, 0.2) is 24.2 Å². The predicted molar refractivity (Wildman–Crippen MR) is 81.6 cm³/mol. The Balaban J connectivity index is 1.94. The highest BCUT2D eigenvalue weighted by atomic mass is 19.1. The first kappa shape index (κ1) is 16.7. The Morgan fingerprint density at radius 2 is 2.35 bits per heavy atom.